The summed E-state index contributed by atoms with van der Waals surface area (Å²) in [6.07, 6.45) is 20.0. The molecule has 14 heteroatoms. The molecule has 252 valence electrons. The fourth-order valence-electron chi connectivity index (χ4n) is 5.09. The number of rotatable bonds is 26. The molecule has 0 aliphatic heterocycles. The number of aromatic nitrogens is 2. The molecule has 1 unspecified atom stereocenters. The lowest BCUT2D eigenvalue weighted by molar-refractivity contribution is 0.0168. The normalized spacial score (nSPS) is 15.9. The lowest BCUT2D eigenvalue weighted by Gasteiger charge is -2.24. The number of aliphatic hydroxyl groups is 1. The van der Waals surface area contributed by atoms with Gasteiger partial charge in [0, 0.05) is 6.20 Å². The molecular formula is C29H57N4O8PS. The quantitative estimate of drug-likeness (QED) is 0.0755. The first-order valence-electron chi connectivity index (χ1n) is 15.8. The van der Waals surface area contributed by atoms with Crippen LogP contribution in [0.25, 0.3) is 0 Å². The summed E-state index contributed by atoms with van der Waals surface area (Å²) in [4.78, 5) is 25.4. The molecule has 0 saturated heterocycles. The Labute approximate surface area is 258 Å². The molecule has 2 rings (SSSR count). The molecule has 1 aliphatic carbocycles. The van der Waals surface area contributed by atoms with Gasteiger partial charge in [-0.15, -0.1) is 0 Å². The average Bonchev–Trinajstić information content (AvgIpc) is 2.91. The Morgan fingerprint density at radius 2 is 1.53 bits per heavy atom. The van der Waals surface area contributed by atoms with Gasteiger partial charge in [0.2, 0.25) is 0 Å². The molecule has 2 atom stereocenters. The summed E-state index contributed by atoms with van der Waals surface area (Å²) in [5.41, 5.74) is 4.80. The zero-order chi connectivity index (χ0) is 30.7. The van der Waals surface area contributed by atoms with Gasteiger partial charge in [0.15, 0.2) is 0 Å². The maximum absolute atomic E-state index is 12.3. The minimum atomic E-state index is -4.17. The number of ether oxygens (including phenoxy) is 1. The zero-order valence-corrected chi connectivity index (χ0v) is 27.7. The van der Waals surface area contributed by atoms with Crippen molar-refractivity contribution in [2.45, 2.75) is 122 Å². The second-order valence-electron chi connectivity index (χ2n) is 11.7. The average molecular weight is 653 g/mol. The van der Waals surface area contributed by atoms with Crippen LogP contribution in [0.4, 0.5) is 5.82 Å². The number of aliphatic hydroxyl groups excluding tert-OH is 1. The zero-order valence-electron chi connectivity index (χ0n) is 26.0. The van der Waals surface area contributed by atoms with E-state index in [0.717, 1.165) is 29.7 Å². The highest BCUT2D eigenvalue weighted by atomic mass is 32.2. The Bertz CT molecular complexity index is 1080. The number of nitrogens with zero attached hydrogens (tertiary/aromatic N) is 2. The lowest BCUT2D eigenvalue weighted by Crippen LogP contribution is -2.32. The lowest BCUT2D eigenvalue weighted by atomic mass is 9.81. The van der Waals surface area contributed by atoms with E-state index in [-0.39, 0.29) is 43.0 Å². The molecule has 0 bridgehead atoms. The first-order valence-corrected chi connectivity index (χ1v) is 19.4. The third-order valence-electron chi connectivity index (χ3n) is 7.91. The summed E-state index contributed by atoms with van der Waals surface area (Å²) < 4.78 is 48.3. The molecule has 0 radical (unpaired) electrons. The van der Waals surface area contributed by atoms with E-state index in [9.17, 15) is 27.8 Å². The number of hydrogen-bond donors (Lipinski definition) is 4. The van der Waals surface area contributed by atoms with Gasteiger partial charge >= 0.3 is 13.3 Å². The molecule has 0 amide bonds. The number of anilines is 1. The van der Waals surface area contributed by atoms with Crippen molar-refractivity contribution in [3.05, 3.63) is 22.7 Å². The Morgan fingerprint density at radius 3 is 2.07 bits per heavy atom. The van der Waals surface area contributed by atoms with Gasteiger partial charge in [-0.05, 0) is 24.8 Å². The second-order valence-corrected chi connectivity index (χ2v) is 15.8. The Morgan fingerprint density at radius 1 is 0.977 bits per heavy atom. The fraction of sp³-hybridized carbons (Fsp3) is 0.862. The van der Waals surface area contributed by atoms with Crippen LogP contribution in [-0.2, 0) is 30.2 Å². The van der Waals surface area contributed by atoms with Crippen LogP contribution in [0.1, 0.15) is 109 Å². The van der Waals surface area contributed by atoms with Gasteiger partial charge in [0.1, 0.15) is 22.0 Å². The van der Waals surface area contributed by atoms with Crippen LogP contribution in [0.15, 0.2) is 17.1 Å². The molecule has 7 N–H and O–H groups in total. The molecule has 1 aromatic heterocycles. The Hall–Kier alpha value is -1.34. The minimum absolute atomic E-state index is 0. The third-order valence-corrected chi connectivity index (χ3v) is 10.8. The monoisotopic (exact) mass is 652 g/mol. The number of nitrogen functional groups attached to an aromatic ring is 1. The van der Waals surface area contributed by atoms with E-state index < -0.39 is 42.2 Å². The van der Waals surface area contributed by atoms with E-state index in [1.54, 1.807) is 0 Å². The van der Waals surface area contributed by atoms with E-state index in [0.29, 0.717) is 6.42 Å². The molecule has 1 fully saturated rings. The highest BCUT2D eigenvalue weighted by Crippen LogP contribution is 2.42. The van der Waals surface area contributed by atoms with Gasteiger partial charge in [-0.3, -0.25) is 9.13 Å². The van der Waals surface area contributed by atoms with Crippen LogP contribution in [0.3, 0.4) is 0 Å². The summed E-state index contributed by atoms with van der Waals surface area (Å²) >= 11 is 0. The Kier molecular flexibility index (Phi) is 20.5. The van der Waals surface area contributed by atoms with E-state index in [4.69, 9.17) is 15.0 Å². The van der Waals surface area contributed by atoms with Crippen LogP contribution in [0.5, 0.6) is 0 Å². The molecule has 1 aromatic rings. The van der Waals surface area contributed by atoms with Crippen molar-refractivity contribution in [1.29, 1.82) is 0 Å². The predicted octanol–water partition coefficient (Wildman–Crippen LogP) is 5.20. The third kappa shape index (κ3) is 18.9. The highest BCUT2D eigenvalue weighted by Gasteiger charge is 2.23. The van der Waals surface area contributed by atoms with E-state index in [2.05, 4.69) is 4.98 Å². The predicted molar refractivity (Wildman–Crippen MR) is 171 cm³/mol. The Balaban J connectivity index is 0.00000924. The van der Waals surface area contributed by atoms with Crippen molar-refractivity contribution in [3.63, 3.8) is 0 Å². The molecule has 1 heterocycles. The van der Waals surface area contributed by atoms with Crippen LogP contribution in [-0.4, -0.2) is 65.1 Å². The molecule has 0 aromatic carbocycles. The second kappa shape index (κ2) is 22.2. The largest absolute Gasteiger partial charge is 0.394 e. The smallest absolute Gasteiger partial charge is 0.353 e. The van der Waals surface area contributed by atoms with Gasteiger partial charge in [-0.2, -0.15) is 4.98 Å². The topological polar surface area (TPSA) is 206 Å². The molecule has 0 spiro atoms. The standard InChI is InChI=1S/C29H54N3O8PS.H3N/c30-28-18-19-32(29(34)31-28)23-27(24-33)39-25-41(35,36)40-20-14-22-42(37,38)21-12-10-8-6-4-2-1-3-5-7-9-11-15-26-16-13-17-26;/h18-19,26-27,33H,1-17,20-25H2,(H,35,36)(H2,30,31,34);1H3/t27-;/m0./s1. The van der Waals surface area contributed by atoms with E-state index >= 15 is 0 Å². The van der Waals surface area contributed by atoms with Crippen LogP contribution < -0.4 is 17.6 Å². The van der Waals surface area contributed by atoms with Crippen molar-refractivity contribution in [1.82, 2.24) is 15.7 Å². The van der Waals surface area contributed by atoms with Crippen molar-refractivity contribution < 1.29 is 32.2 Å². The fourth-order valence-corrected chi connectivity index (χ4v) is 7.39. The van der Waals surface area contributed by atoms with Crippen molar-refractivity contribution in [2.24, 2.45) is 5.92 Å². The van der Waals surface area contributed by atoms with Gasteiger partial charge < -0.3 is 31.1 Å². The van der Waals surface area contributed by atoms with E-state index in [1.807, 2.05) is 0 Å². The molecule has 1 aliphatic rings. The molecule has 1 saturated carbocycles. The first-order chi connectivity index (χ1) is 20.1. The van der Waals surface area contributed by atoms with Gasteiger partial charge in [0.05, 0.1) is 37.4 Å². The number of unbranched alkanes of at least 4 members (excludes halogenated alkanes) is 11. The summed E-state index contributed by atoms with van der Waals surface area (Å²) in [6.45, 7) is -0.807. The van der Waals surface area contributed by atoms with Crippen LogP contribution in [0, 0.1) is 5.92 Å². The van der Waals surface area contributed by atoms with Crippen molar-refractivity contribution in [2.75, 3.05) is 36.8 Å². The van der Waals surface area contributed by atoms with E-state index in [1.165, 1.54) is 89.3 Å². The van der Waals surface area contributed by atoms with Gasteiger partial charge in [-0.1, -0.05) is 96.3 Å². The number of hydrogen-bond acceptors (Lipinski definition) is 10. The van der Waals surface area contributed by atoms with Gasteiger partial charge in [-0.25, -0.2) is 13.2 Å². The minimum Gasteiger partial charge on any atom is -0.394 e. The van der Waals surface area contributed by atoms with Crippen LogP contribution >= 0.6 is 7.60 Å². The number of sulfone groups is 1. The maximum Gasteiger partial charge on any atom is 0.353 e. The number of nitrogens with two attached hydrogens (primary N) is 1. The SMILES string of the molecule is N.Nc1ccn(C[C@@H](CO)OCP(=O)(O)OCCCS(=O)(=O)CCCCCCCCCCCCCCC2CCC2)c(=O)n1. The summed E-state index contributed by atoms with van der Waals surface area (Å²) in [6, 6.07) is 1.41. The highest BCUT2D eigenvalue weighted by molar-refractivity contribution is 7.91. The summed E-state index contributed by atoms with van der Waals surface area (Å²) in [7, 11) is -7.42. The summed E-state index contributed by atoms with van der Waals surface area (Å²) in [5, 5.41) is 9.48. The molecular weight excluding hydrogens is 595 g/mol. The van der Waals surface area contributed by atoms with Gasteiger partial charge in [0.25, 0.3) is 0 Å². The molecule has 43 heavy (non-hydrogen) atoms. The van der Waals surface area contributed by atoms with Crippen molar-refractivity contribution in [3.8, 4) is 0 Å². The van der Waals surface area contributed by atoms with Crippen molar-refractivity contribution >= 4 is 23.3 Å². The molecule has 12 nitrogen and oxygen atoms in total. The summed E-state index contributed by atoms with van der Waals surface area (Å²) in [5.74, 6) is 1.10. The van der Waals surface area contributed by atoms with Crippen LogP contribution in [0.2, 0.25) is 0 Å². The first kappa shape index (κ1) is 39.7. The maximum atomic E-state index is 12.3.